The molecule has 3 heterocycles. The Hall–Kier alpha value is -3.85. The van der Waals surface area contributed by atoms with Crippen LogP contribution in [0.3, 0.4) is 0 Å². The lowest BCUT2D eigenvalue weighted by Gasteiger charge is -2.22. The Kier molecular flexibility index (Phi) is 5.70. The molecule has 0 N–H and O–H groups in total. The highest BCUT2D eigenvalue weighted by molar-refractivity contribution is 7.12. The second-order valence-corrected chi connectivity index (χ2v) is 8.42. The Balaban J connectivity index is 1.31. The molecule has 5 rings (SSSR count). The Morgan fingerprint density at radius 2 is 1.94 bits per heavy atom. The smallest absolute Gasteiger partial charge is 0.281 e. The van der Waals surface area contributed by atoms with Crippen LogP contribution in [0.2, 0.25) is 0 Å². The quantitative estimate of drug-likeness (QED) is 0.403. The van der Waals surface area contributed by atoms with E-state index in [9.17, 15) is 9.18 Å². The third-order valence-electron chi connectivity index (χ3n) is 5.22. The fourth-order valence-corrected chi connectivity index (χ4v) is 4.32. The number of nitrogens with zero attached hydrogens (tertiary/aromatic N) is 4. The standard InChI is InChI=1S/C24H19FN4O3S/c1-15-26-27-24(32-15)17-6-10-19(11-7-17)31-14-23(30)29-21(16-4-8-18(25)9-5-16)13-20(28-29)22-3-2-12-33-22/h2-12,21H,13-14H2,1H3. The molecule has 33 heavy (non-hydrogen) atoms. The largest absolute Gasteiger partial charge is 0.484 e. The Morgan fingerprint density at radius 3 is 2.61 bits per heavy atom. The molecule has 0 aliphatic carbocycles. The van der Waals surface area contributed by atoms with Crippen LogP contribution in [0.4, 0.5) is 4.39 Å². The molecule has 0 bridgehead atoms. The fourth-order valence-electron chi connectivity index (χ4n) is 3.59. The number of amides is 1. The van der Waals surface area contributed by atoms with Crippen molar-refractivity contribution in [2.24, 2.45) is 5.10 Å². The van der Waals surface area contributed by atoms with Gasteiger partial charge in [-0.3, -0.25) is 4.79 Å². The molecule has 1 atom stereocenters. The molecule has 1 aliphatic heterocycles. The van der Waals surface area contributed by atoms with E-state index < -0.39 is 0 Å². The third-order valence-corrected chi connectivity index (χ3v) is 6.13. The fraction of sp³-hybridized carbons (Fsp3) is 0.167. The zero-order valence-electron chi connectivity index (χ0n) is 17.6. The molecule has 1 unspecified atom stereocenters. The Bertz CT molecular complexity index is 1280. The number of aromatic nitrogens is 2. The molecule has 166 valence electrons. The van der Waals surface area contributed by atoms with Crippen LogP contribution in [0, 0.1) is 12.7 Å². The molecule has 2 aromatic carbocycles. The summed E-state index contributed by atoms with van der Waals surface area (Å²) in [5.41, 5.74) is 2.40. The summed E-state index contributed by atoms with van der Waals surface area (Å²) in [6, 6.07) is 16.8. The van der Waals surface area contributed by atoms with E-state index in [4.69, 9.17) is 9.15 Å². The van der Waals surface area contributed by atoms with Crippen LogP contribution < -0.4 is 4.74 Å². The average molecular weight is 463 g/mol. The summed E-state index contributed by atoms with van der Waals surface area (Å²) < 4.78 is 24.6. The second kappa shape index (κ2) is 8.95. The summed E-state index contributed by atoms with van der Waals surface area (Å²) >= 11 is 1.57. The number of hydrogen-bond donors (Lipinski definition) is 0. The number of thiophene rings is 1. The summed E-state index contributed by atoms with van der Waals surface area (Å²) in [6.07, 6.45) is 0.552. The van der Waals surface area contributed by atoms with E-state index in [0.717, 1.165) is 21.7 Å². The van der Waals surface area contributed by atoms with Gasteiger partial charge in [-0.15, -0.1) is 21.5 Å². The highest BCUT2D eigenvalue weighted by Crippen LogP contribution is 2.34. The molecular weight excluding hydrogens is 443 g/mol. The predicted molar refractivity (Wildman–Crippen MR) is 121 cm³/mol. The molecule has 0 saturated heterocycles. The SMILES string of the molecule is Cc1nnc(-c2ccc(OCC(=O)N3N=C(c4cccs4)CC3c3ccc(F)cc3)cc2)o1. The number of hydrazone groups is 1. The van der Waals surface area contributed by atoms with Gasteiger partial charge in [0.25, 0.3) is 5.91 Å². The van der Waals surface area contributed by atoms with Crippen molar-refractivity contribution in [3.8, 4) is 17.2 Å². The number of halogens is 1. The number of ether oxygens (including phenoxy) is 1. The number of aryl methyl sites for hydroxylation is 1. The first kappa shape index (κ1) is 21.0. The van der Waals surface area contributed by atoms with Crippen LogP contribution >= 0.6 is 11.3 Å². The van der Waals surface area contributed by atoms with E-state index in [1.165, 1.54) is 17.1 Å². The van der Waals surface area contributed by atoms with Crippen molar-refractivity contribution in [3.63, 3.8) is 0 Å². The van der Waals surface area contributed by atoms with Crippen molar-refractivity contribution in [1.29, 1.82) is 0 Å². The lowest BCUT2D eigenvalue weighted by molar-refractivity contribution is -0.135. The highest BCUT2D eigenvalue weighted by Gasteiger charge is 2.33. The lowest BCUT2D eigenvalue weighted by Crippen LogP contribution is -2.31. The van der Waals surface area contributed by atoms with Crippen molar-refractivity contribution in [2.75, 3.05) is 6.61 Å². The lowest BCUT2D eigenvalue weighted by atomic mass is 10.0. The van der Waals surface area contributed by atoms with Crippen molar-refractivity contribution in [2.45, 2.75) is 19.4 Å². The molecule has 0 spiro atoms. The first-order valence-corrected chi connectivity index (χ1v) is 11.2. The van der Waals surface area contributed by atoms with E-state index in [0.29, 0.717) is 24.0 Å². The maximum absolute atomic E-state index is 13.4. The van der Waals surface area contributed by atoms with Gasteiger partial charge >= 0.3 is 0 Å². The van der Waals surface area contributed by atoms with Crippen LogP contribution in [-0.2, 0) is 4.79 Å². The summed E-state index contributed by atoms with van der Waals surface area (Å²) in [4.78, 5) is 14.1. The summed E-state index contributed by atoms with van der Waals surface area (Å²) in [5, 5.41) is 15.8. The zero-order valence-corrected chi connectivity index (χ0v) is 18.5. The minimum Gasteiger partial charge on any atom is -0.484 e. The minimum absolute atomic E-state index is 0.183. The van der Waals surface area contributed by atoms with Gasteiger partial charge in [-0.2, -0.15) is 5.10 Å². The van der Waals surface area contributed by atoms with E-state index in [-0.39, 0.29) is 24.4 Å². The summed E-state index contributed by atoms with van der Waals surface area (Å²) in [5.74, 6) is 0.830. The van der Waals surface area contributed by atoms with E-state index in [1.54, 1.807) is 54.7 Å². The van der Waals surface area contributed by atoms with Crippen LogP contribution in [-0.4, -0.2) is 33.4 Å². The minimum atomic E-state index is -0.323. The Labute approximate surface area is 193 Å². The van der Waals surface area contributed by atoms with E-state index in [1.807, 2.05) is 17.5 Å². The van der Waals surface area contributed by atoms with Crippen LogP contribution in [0.1, 0.15) is 28.8 Å². The van der Waals surface area contributed by atoms with Crippen LogP contribution in [0.25, 0.3) is 11.5 Å². The average Bonchev–Trinajstić information content (AvgIpc) is 3.59. The van der Waals surface area contributed by atoms with Crippen molar-refractivity contribution in [1.82, 2.24) is 15.2 Å². The van der Waals surface area contributed by atoms with Crippen molar-refractivity contribution >= 4 is 23.0 Å². The number of rotatable bonds is 6. The Morgan fingerprint density at radius 1 is 1.15 bits per heavy atom. The van der Waals surface area contributed by atoms with Crippen molar-refractivity contribution < 1.29 is 18.3 Å². The normalized spacial score (nSPS) is 15.5. The van der Waals surface area contributed by atoms with Crippen LogP contribution in [0.5, 0.6) is 5.75 Å². The predicted octanol–water partition coefficient (Wildman–Crippen LogP) is 5.00. The van der Waals surface area contributed by atoms with Gasteiger partial charge in [0, 0.05) is 18.9 Å². The van der Waals surface area contributed by atoms with Gasteiger partial charge < -0.3 is 9.15 Å². The molecular formula is C24H19FN4O3S. The van der Waals surface area contributed by atoms with Gasteiger partial charge in [0.2, 0.25) is 11.8 Å². The van der Waals surface area contributed by atoms with Gasteiger partial charge in [0.1, 0.15) is 11.6 Å². The molecule has 1 aliphatic rings. The zero-order chi connectivity index (χ0) is 22.8. The molecule has 9 heteroatoms. The molecule has 2 aromatic heterocycles. The number of carbonyl (C=O) groups is 1. The topological polar surface area (TPSA) is 80.8 Å². The van der Waals surface area contributed by atoms with Gasteiger partial charge in [-0.25, -0.2) is 9.40 Å². The molecule has 0 saturated carbocycles. The molecule has 0 radical (unpaired) electrons. The van der Waals surface area contributed by atoms with E-state index >= 15 is 0 Å². The van der Waals surface area contributed by atoms with Crippen molar-refractivity contribution in [3.05, 3.63) is 88.2 Å². The summed E-state index contributed by atoms with van der Waals surface area (Å²) in [6.45, 7) is 1.54. The maximum atomic E-state index is 13.4. The first-order chi connectivity index (χ1) is 16.1. The second-order valence-electron chi connectivity index (χ2n) is 7.47. The van der Waals surface area contributed by atoms with Gasteiger partial charge in [0.15, 0.2) is 6.61 Å². The van der Waals surface area contributed by atoms with Gasteiger partial charge in [-0.05, 0) is 53.4 Å². The van der Waals surface area contributed by atoms with E-state index in [2.05, 4.69) is 15.3 Å². The molecule has 4 aromatic rings. The number of benzene rings is 2. The molecule has 1 amide bonds. The summed E-state index contributed by atoms with van der Waals surface area (Å²) in [7, 11) is 0. The third kappa shape index (κ3) is 4.54. The monoisotopic (exact) mass is 462 g/mol. The van der Waals surface area contributed by atoms with Gasteiger partial charge in [-0.1, -0.05) is 18.2 Å². The van der Waals surface area contributed by atoms with Gasteiger partial charge in [0.05, 0.1) is 16.6 Å². The molecule has 0 fully saturated rings. The van der Waals surface area contributed by atoms with Crippen LogP contribution in [0.15, 0.2) is 75.6 Å². The number of carbonyl (C=O) groups excluding carboxylic acids is 1. The number of hydrogen-bond acceptors (Lipinski definition) is 7. The first-order valence-electron chi connectivity index (χ1n) is 10.3. The maximum Gasteiger partial charge on any atom is 0.281 e. The molecule has 7 nitrogen and oxygen atoms in total. The highest BCUT2D eigenvalue weighted by atomic mass is 32.1.